The quantitative estimate of drug-likeness (QED) is 0.739. The Labute approximate surface area is 167 Å². The number of hydrogen-bond donors (Lipinski definition) is 1. The number of benzene rings is 1. The number of hydrogen-bond acceptors (Lipinski definition) is 6. The Morgan fingerprint density at radius 1 is 1.17 bits per heavy atom. The number of amides is 1. The Morgan fingerprint density at radius 2 is 1.93 bits per heavy atom. The molecule has 7 rings (SSSR count). The minimum Gasteiger partial charge on any atom is -0.375 e. The fourth-order valence-electron chi connectivity index (χ4n) is 5.33. The van der Waals surface area contributed by atoms with Gasteiger partial charge < -0.3 is 19.3 Å². The van der Waals surface area contributed by atoms with Crippen LogP contribution in [0.2, 0.25) is 0 Å². The molecule has 3 aromatic rings. The van der Waals surface area contributed by atoms with Crippen LogP contribution in [0.5, 0.6) is 0 Å². The van der Waals surface area contributed by atoms with Crippen molar-refractivity contribution in [2.75, 3.05) is 13.2 Å². The molecule has 2 bridgehead atoms. The highest BCUT2D eigenvalue weighted by Crippen LogP contribution is 2.62. The average molecular weight is 391 g/mol. The maximum Gasteiger partial charge on any atom is 0.259 e. The van der Waals surface area contributed by atoms with Gasteiger partial charge in [0.1, 0.15) is 5.60 Å². The van der Waals surface area contributed by atoms with Crippen molar-refractivity contribution < 1.29 is 18.8 Å². The van der Waals surface area contributed by atoms with Crippen LogP contribution in [0.25, 0.3) is 22.4 Å². The standard InChI is InChI=1S/C22H21N3O4/c1-13-17-15(8-16(23-19(17)28-25-13)14-6-4-3-5-7-14)18(26)24-21-9-20(2,10-21)29-22(21)11-27-12-22/h3-8H,9-12H2,1-2H3,(H,24,26). The SMILES string of the molecule is Cc1noc2nc(-c3ccccc3)cc(C(=O)NC34CC(C)(C3)OC43COC3)c12. The molecule has 0 unspecified atom stereocenters. The van der Waals surface area contributed by atoms with Gasteiger partial charge in [-0.25, -0.2) is 4.98 Å². The lowest BCUT2D eigenvalue weighted by Crippen LogP contribution is -2.71. The van der Waals surface area contributed by atoms with Crippen LogP contribution in [0.15, 0.2) is 40.9 Å². The minimum atomic E-state index is -0.407. The van der Waals surface area contributed by atoms with Crippen LogP contribution >= 0.6 is 0 Å². The second kappa shape index (κ2) is 5.43. The molecule has 148 valence electrons. The number of nitrogens with one attached hydrogen (secondary N) is 1. The predicted molar refractivity (Wildman–Crippen MR) is 104 cm³/mol. The van der Waals surface area contributed by atoms with Crippen molar-refractivity contribution in [2.45, 2.75) is 43.4 Å². The van der Waals surface area contributed by atoms with E-state index in [-0.39, 0.29) is 17.0 Å². The van der Waals surface area contributed by atoms with Gasteiger partial charge in [0.15, 0.2) is 0 Å². The van der Waals surface area contributed by atoms with Gasteiger partial charge in [0.2, 0.25) is 0 Å². The lowest BCUT2D eigenvalue weighted by molar-refractivity contribution is -0.205. The van der Waals surface area contributed by atoms with Gasteiger partial charge in [0.05, 0.1) is 46.7 Å². The third-order valence-electron chi connectivity index (χ3n) is 6.62. The van der Waals surface area contributed by atoms with E-state index < -0.39 is 5.60 Å². The van der Waals surface area contributed by atoms with Gasteiger partial charge >= 0.3 is 0 Å². The second-order valence-corrected chi connectivity index (χ2v) is 8.80. The lowest BCUT2D eigenvalue weighted by Gasteiger charge is -2.50. The molecule has 1 amide bonds. The van der Waals surface area contributed by atoms with Gasteiger partial charge in [-0.3, -0.25) is 4.79 Å². The molecule has 29 heavy (non-hydrogen) atoms. The number of aryl methyl sites for hydroxylation is 1. The zero-order chi connectivity index (χ0) is 19.9. The first-order valence-corrected chi connectivity index (χ1v) is 9.86. The molecule has 5 heterocycles. The summed E-state index contributed by atoms with van der Waals surface area (Å²) in [4.78, 5) is 18.1. The van der Waals surface area contributed by atoms with E-state index in [9.17, 15) is 4.79 Å². The fourth-order valence-corrected chi connectivity index (χ4v) is 5.33. The molecule has 2 aromatic heterocycles. The number of fused-ring (bicyclic) bond motifs is 1. The number of nitrogens with zero attached hydrogens (tertiary/aromatic N) is 2. The molecule has 1 saturated carbocycles. The smallest absolute Gasteiger partial charge is 0.259 e. The summed E-state index contributed by atoms with van der Waals surface area (Å²) in [5, 5.41) is 7.99. The molecule has 1 aromatic carbocycles. The van der Waals surface area contributed by atoms with Gasteiger partial charge in [0, 0.05) is 18.4 Å². The van der Waals surface area contributed by atoms with E-state index in [2.05, 4.69) is 22.4 Å². The minimum absolute atomic E-state index is 0.153. The summed E-state index contributed by atoms with van der Waals surface area (Å²) in [6, 6.07) is 11.6. The summed E-state index contributed by atoms with van der Waals surface area (Å²) in [6.07, 6.45) is 1.61. The van der Waals surface area contributed by atoms with E-state index in [1.165, 1.54) is 0 Å². The Kier molecular flexibility index (Phi) is 3.21. The molecule has 7 nitrogen and oxygen atoms in total. The average Bonchev–Trinajstić information content (AvgIpc) is 3.25. The number of ether oxygens (including phenoxy) is 2. The topological polar surface area (TPSA) is 86.5 Å². The van der Waals surface area contributed by atoms with E-state index in [1.54, 1.807) is 0 Å². The number of carbonyl (C=O) groups excluding carboxylic acids is 1. The molecule has 1 N–H and O–H groups in total. The van der Waals surface area contributed by atoms with Crippen LogP contribution < -0.4 is 5.32 Å². The normalized spacial score (nSPS) is 28.9. The molecular formula is C22H21N3O4. The van der Waals surface area contributed by atoms with E-state index >= 15 is 0 Å². The highest BCUT2D eigenvalue weighted by molar-refractivity contribution is 6.07. The third-order valence-corrected chi connectivity index (χ3v) is 6.62. The van der Waals surface area contributed by atoms with Crippen molar-refractivity contribution in [3.8, 4) is 11.3 Å². The van der Waals surface area contributed by atoms with E-state index in [1.807, 2.05) is 43.3 Å². The summed E-state index contributed by atoms with van der Waals surface area (Å²) in [7, 11) is 0. The largest absolute Gasteiger partial charge is 0.375 e. The van der Waals surface area contributed by atoms with E-state index in [0.717, 1.165) is 18.4 Å². The van der Waals surface area contributed by atoms with Crippen LogP contribution in [-0.2, 0) is 9.47 Å². The van der Waals surface area contributed by atoms with Crippen molar-refractivity contribution in [2.24, 2.45) is 0 Å². The molecular weight excluding hydrogens is 370 g/mol. The van der Waals surface area contributed by atoms with Crippen LogP contribution in [0.1, 0.15) is 35.8 Å². The van der Waals surface area contributed by atoms with Crippen LogP contribution in [-0.4, -0.2) is 46.0 Å². The Hall–Kier alpha value is -2.77. The molecule has 1 aliphatic carbocycles. The van der Waals surface area contributed by atoms with Crippen molar-refractivity contribution in [1.29, 1.82) is 0 Å². The number of rotatable bonds is 3. The number of aromatic nitrogens is 2. The first kappa shape index (κ1) is 17.1. The first-order valence-electron chi connectivity index (χ1n) is 9.86. The lowest BCUT2D eigenvalue weighted by atomic mass is 9.61. The van der Waals surface area contributed by atoms with Crippen molar-refractivity contribution >= 4 is 17.0 Å². The molecule has 3 saturated heterocycles. The summed E-state index contributed by atoms with van der Waals surface area (Å²) in [5.74, 6) is -0.153. The van der Waals surface area contributed by atoms with Crippen LogP contribution in [0.4, 0.5) is 0 Å². The summed E-state index contributed by atoms with van der Waals surface area (Å²) < 4.78 is 17.2. The maximum atomic E-state index is 13.5. The molecule has 3 aliphatic heterocycles. The zero-order valence-electron chi connectivity index (χ0n) is 16.3. The zero-order valence-corrected chi connectivity index (χ0v) is 16.3. The second-order valence-electron chi connectivity index (χ2n) is 8.80. The van der Waals surface area contributed by atoms with Crippen LogP contribution in [0.3, 0.4) is 0 Å². The molecule has 7 heteroatoms. The van der Waals surface area contributed by atoms with Gasteiger partial charge in [0.25, 0.3) is 11.6 Å². The molecule has 4 aliphatic rings. The van der Waals surface area contributed by atoms with E-state index in [4.69, 9.17) is 14.0 Å². The molecule has 1 spiro atoms. The summed E-state index contributed by atoms with van der Waals surface area (Å²) in [5.41, 5.74) is 2.18. The van der Waals surface area contributed by atoms with Crippen molar-refractivity contribution in [3.05, 3.63) is 47.7 Å². The fraction of sp³-hybridized carbons (Fsp3) is 0.409. The molecule has 4 fully saturated rings. The summed E-state index contributed by atoms with van der Waals surface area (Å²) in [6.45, 7) is 4.98. The highest BCUT2D eigenvalue weighted by Gasteiger charge is 2.76. The number of carbonyl (C=O) groups is 1. The third kappa shape index (κ3) is 2.22. The number of pyridine rings is 1. The van der Waals surface area contributed by atoms with Gasteiger partial charge in [-0.2, -0.15) is 0 Å². The van der Waals surface area contributed by atoms with Gasteiger partial charge in [-0.05, 0) is 19.9 Å². The van der Waals surface area contributed by atoms with Gasteiger partial charge in [-0.15, -0.1) is 0 Å². The Morgan fingerprint density at radius 3 is 2.62 bits per heavy atom. The van der Waals surface area contributed by atoms with E-state index in [0.29, 0.717) is 41.3 Å². The Bertz CT molecular complexity index is 1140. The van der Waals surface area contributed by atoms with Crippen LogP contribution in [0, 0.1) is 6.92 Å². The monoisotopic (exact) mass is 391 g/mol. The van der Waals surface area contributed by atoms with Crippen molar-refractivity contribution in [1.82, 2.24) is 15.5 Å². The highest BCUT2D eigenvalue weighted by atomic mass is 16.6. The maximum absolute atomic E-state index is 13.5. The molecule has 0 atom stereocenters. The van der Waals surface area contributed by atoms with Crippen molar-refractivity contribution in [3.63, 3.8) is 0 Å². The first-order chi connectivity index (χ1) is 13.9. The Balaban J connectivity index is 1.42. The molecule has 0 radical (unpaired) electrons. The predicted octanol–water partition coefficient (Wildman–Crippen LogP) is 3.02. The summed E-state index contributed by atoms with van der Waals surface area (Å²) >= 11 is 0. The van der Waals surface area contributed by atoms with Gasteiger partial charge in [-0.1, -0.05) is 35.5 Å².